The number of nitrogens with zero attached hydrogens (tertiary/aromatic N) is 2. The van der Waals surface area contributed by atoms with Crippen LogP contribution < -0.4 is 9.80 Å². The van der Waals surface area contributed by atoms with Crippen LogP contribution in [-0.2, 0) is 0 Å². The summed E-state index contributed by atoms with van der Waals surface area (Å²) in [4.78, 5) is 4.62. The van der Waals surface area contributed by atoms with Crippen molar-refractivity contribution in [3.05, 3.63) is 160 Å². The molecule has 0 spiro atoms. The van der Waals surface area contributed by atoms with Gasteiger partial charge in [-0.25, -0.2) is 0 Å². The average molecular weight is 684 g/mol. The Labute approximate surface area is 299 Å². The Balaban J connectivity index is 1.35. The summed E-state index contributed by atoms with van der Waals surface area (Å²) in [5.74, 6) is 1.07. The van der Waals surface area contributed by atoms with E-state index in [-0.39, 0.29) is 11.3 Å². The van der Waals surface area contributed by atoms with E-state index in [0.717, 1.165) is 62.8 Å². The van der Waals surface area contributed by atoms with Crippen LogP contribution in [0.4, 0.5) is 28.4 Å². The summed E-state index contributed by atoms with van der Waals surface area (Å²) >= 11 is 14.1. The zero-order valence-corrected chi connectivity index (χ0v) is 30.1. The number of aryl methyl sites for hydroxylation is 2. The fraction of sp³-hybridized carbons (Fsp3) is 0.182. The number of para-hydroxylation sites is 3. The molecule has 3 nitrogen and oxygen atoms in total. The Hall–Kier alpha value is -4.70. The molecule has 0 radical (unpaired) electrons. The van der Waals surface area contributed by atoms with Gasteiger partial charge in [-0.15, -0.1) is 0 Å². The molecular weight excluding hydrogens is 643 g/mol. The van der Waals surface area contributed by atoms with Crippen molar-refractivity contribution >= 4 is 62.6 Å². The molecule has 0 saturated carbocycles. The predicted octanol–water partition coefficient (Wildman–Crippen LogP) is 14.0. The summed E-state index contributed by atoms with van der Waals surface area (Å²) in [6.45, 7) is 11.1. The van der Waals surface area contributed by atoms with Crippen molar-refractivity contribution in [1.82, 2.24) is 0 Å². The Bertz CT molecular complexity index is 2140. The van der Waals surface area contributed by atoms with E-state index in [1.54, 1.807) is 0 Å². The van der Waals surface area contributed by atoms with Crippen LogP contribution in [0.25, 0.3) is 22.3 Å². The van der Waals surface area contributed by atoms with Gasteiger partial charge in [-0.05, 0) is 109 Å². The molecule has 0 bridgehead atoms. The van der Waals surface area contributed by atoms with E-state index in [0.29, 0.717) is 10.1 Å². The van der Waals surface area contributed by atoms with Crippen molar-refractivity contribution in [2.45, 2.75) is 41.0 Å². The largest absolute Gasteiger partial charge is 0.456 e. The van der Waals surface area contributed by atoms with Crippen molar-refractivity contribution < 1.29 is 4.42 Å². The lowest BCUT2D eigenvalue weighted by molar-refractivity contribution is 0.287. The summed E-state index contributed by atoms with van der Waals surface area (Å²) in [6, 6.07) is 44.4. The molecule has 49 heavy (non-hydrogen) atoms. The molecule has 5 heteroatoms. The highest BCUT2D eigenvalue weighted by Gasteiger charge is 2.33. The van der Waals surface area contributed by atoms with Gasteiger partial charge in [0, 0.05) is 39.4 Å². The number of furan rings is 1. The van der Waals surface area contributed by atoms with E-state index in [2.05, 4.69) is 154 Å². The van der Waals surface area contributed by atoms with Crippen molar-refractivity contribution in [3.63, 3.8) is 0 Å². The highest BCUT2D eigenvalue weighted by molar-refractivity contribution is 6.44. The first kappa shape index (κ1) is 32.8. The number of fused-ring (bicyclic) bond motifs is 1. The normalized spacial score (nSPS) is 15.0. The Morgan fingerprint density at radius 1 is 0.633 bits per heavy atom. The second-order valence-corrected chi connectivity index (χ2v) is 14.7. The summed E-state index contributed by atoms with van der Waals surface area (Å²) in [7, 11) is 0. The highest BCUT2D eigenvalue weighted by Crippen LogP contribution is 2.48. The number of halogens is 2. The minimum absolute atomic E-state index is 0.00984. The second kappa shape index (κ2) is 13.3. The predicted molar refractivity (Wildman–Crippen MR) is 209 cm³/mol. The van der Waals surface area contributed by atoms with Gasteiger partial charge in [-0.3, -0.25) is 0 Å². The lowest BCUT2D eigenvalue weighted by Gasteiger charge is -2.38. The minimum atomic E-state index is 0.00984. The SMILES string of the molecule is Cc1cccc(C)c1N(C1=C(Cl)C(Cl)=CC(C(C)(C)C)C1)c1cccc(N(c2ccccc2)c2ccc(-c3cc4ccccc4o3)cc2)c1. The van der Waals surface area contributed by atoms with E-state index in [1.165, 1.54) is 11.1 Å². The van der Waals surface area contributed by atoms with Crippen LogP contribution in [0.5, 0.6) is 0 Å². The van der Waals surface area contributed by atoms with Gasteiger partial charge in [0.1, 0.15) is 11.3 Å². The molecule has 1 atom stereocenters. The first-order valence-electron chi connectivity index (χ1n) is 16.8. The number of hydrogen-bond acceptors (Lipinski definition) is 3. The highest BCUT2D eigenvalue weighted by atomic mass is 35.5. The average Bonchev–Trinajstić information content (AvgIpc) is 3.53. The fourth-order valence-corrected chi connectivity index (χ4v) is 7.25. The molecule has 0 N–H and O–H groups in total. The van der Waals surface area contributed by atoms with Gasteiger partial charge < -0.3 is 14.2 Å². The van der Waals surface area contributed by atoms with E-state index in [9.17, 15) is 0 Å². The summed E-state index contributed by atoms with van der Waals surface area (Å²) in [6.07, 6.45) is 2.89. The number of benzene rings is 5. The first-order valence-corrected chi connectivity index (χ1v) is 17.5. The molecule has 1 unspecified atom stereocenters. The maximum absolute atomic E-state index is 7.15. The number of allylic oxidation sites excluding steroid dienone is 4. The van der Waals surface area contributed by atoms with Crippen LogP contribution in [0, 0.1) is 25.2 Å². The standard InChI is InChI=1S/C44H40Cl2N2O/c1-29-13-11-14-30(2)43(29)48(39-27-33(44(3,4)5)26-38(45)42(39)46)37-19-12-18-36(28-37)47(34-16-7-6-8-17-34)35-23-21-31(22-24-35)41-25-32-15-9-10-20-40(32)49-41/h6-26,28,33H,27H2,1-5H3. The smallest absolute Gasteiger partial charge is 0.135 e. The third-order valence-corrected chi connectivity index (χ3v) is 10.3. The molecule has 1 heterocycles. The summed E-state index contributed by atoms with van der Waals surface area (Å²) in [5.41, 5.74) is 10.5. The zero-order chi connectivity index (χ0) is 34.3. The van der Waals surface area contributed by atoms with Gasteiger partial charge in [0.15, 0.2) is 0 Å². The van der Waals surface area contributed by atoms with Gasteiger partial charge in [-0.2, -0.15) is 0 Å². The van der Waals surface area contributed by atoms with Crippen molar-refractivity contribution in [1.29, 1.82) is 0 Å². The number of hydrogen-bond donors (Lipinski definition) is 0. The van der Waals surface area contributed by atoms with Crippen LogP contribution >= 0.6 is 23.2 Å². The molecule has 246 valence electrons. The molecule has 1 aliphatic rings. The molecule has 5 aromatic carbocycles. The molecule has 0 aliphatic heterocycles. The Morgan fingerprint density at radius 3 is 1.90 bits per heavy atom. The van der Waals surface area contributed by atoms with Crippen LogP contribution in [0.3, 0.4) is 0 Å². The van der Waals surface area contributed by atoms with Crippen LogP contribution in [0.1, 0.15) is 38.3 Å². The Morgan fingerprint density at radius 2 is 1.22 bits per heavy atom. The fourth-order valence-electron chi connectivity index (χ4n) is 6.76. The summed E-state index contributed by atoms with van der Waals surface area (Å²) < 4.78 is 6.18. The molecular formula is C44H40Cl2N2O. The Kier molecular flexibility index (Phi) is 8.92. The zero-order valence-electron chi connectivity index (χ0n) is 28.5. The monoisotopic (exact) mass is 682 g/mol. The van der Waals surface area contributed by atoms with Gasteiger partial charge in [0.05, 0.1) is 15.8 Å². The maximum Gasteiger partial charge on any atom is 0.135 e. The lowest BCUT2D eigenvalue weighted by atomic mass is 9.76. The van der Waals surface area contributed by atoms with Crippen LogP contribution in [0.2, 0.25) is 0 Å². The number of anilines is 5. The van der Waals surface area contributed by atoms with E-state index in [1.807, 2.05) is 24.3 Å². The topological polar surface area (TPSA) is 19.6 Å². The van der Waals surface area contributed by atoms with Crippen LogP contribution in [0.15, 0.2) is 154 Å². The van der Waals surface area contributed by atoms with Gasteiger partial charge in [0.2, 0.25) is 0 Å². The second-order valence-electron chi connectivity index (χ2n) is 13.9. The van der Waals surface area contributed by atoms with Crippen LogP contribution in [-0.4, -0.2) is 0 Å². The first-order chi connectivity index (χ1) is 23.6. The molecule has 1 aliphatic carbocycles. The van der Waals surface area contributed by atoms with Gasteiger partial charge >= 0.3 is 0 Å². The lowest BCUT2D eigenvalue weighted by Crippen LogP contribution is -2.28. The molecule has 7 rings (SSSR count). The van der Waals surface area contributed by atoms with E-state index >= 15 is 0 Å². The third-order valence-electron chi connectivity index (χ3n) is 9.47. The van der Waals surface area contributed by atoms with Crippen molar-refractivity contribution in [3.8, 4) is 11.3 Å². The quantitative estimate of drug-likeness (QED) is 0.167. The molecule has 0 fully saturated rings. The molecule has 1 aromatic heterocycles. The molecule has 0 saturated heterocycles. The van der Waals surface area contributed by atoms with E-state index < -0.39 is 0 Å². The maximum atomic E-state index is 7.15. The van der Waals surface area contributed by atoms with Gasteiger partial charge in [-0.1, -0.05) is 111 Å². The molecule has 0 amide bonds. The van der Waals surface area contributed by atoms with Gasteiger partial charge in [0.25, 0.3) is 0 Å². The van der Waals surface area contributed by atoms with Crippen molar-refractivity contribution in [2.75, 3.05) is 9.80 Å². The molecule has 6 aromatic rings. The van der Waals surface area contributed by atoms with E-state index in [4.69, 9.17) is 27.6 Å². The van der Waals surface area contributed by atoms with Crippen molar-refractivity contribution in [2.24, 2.45) is 11.3 Å². The third kappa shape index (κ3) is 6.54. The number of rotatable bonds is 7. The summed E-state index contributed by atoms with van der Waals surface area (Å²) in [5, 5.41) is 2.29. The minimum Gasteiger partial charge on any atom is -0.456 e.